The van der Waals surface area contributed by atoms with Crippen molar-refractivity contribution in [2.75, 3.05) is 48.8 Å². The molecule has 0 spiro atoms. The number of amides is 2. The highest BCUT2D eigenvalue weighted by atomic mass is 35.5. The lowest BCUT2D eigenvalue weighted by Crippen LogP contribution is -2.45. The van der Waals surface area contributed by atoms with Crippen molar-refractivity contribution in [2.45, 2.75) is 26.9 Å². The maximum absolute atomic E-state index is 15.3. The molecule has 0 bridgehead atoms. The van der Waals surface area contributed by atoms with E-state index in [-0.39, 0.29) is 50.5 Å². The van der Waals surface area contributed by atoms with E-state index in [0.29, 0.717) is 31.8 Å². The number of pyridine rings is 4. The molecule has 1 aliphatic heterocycles. The second-order valence-corrected chi connectivity index (χ2v) is 10.8. The SMILES string of the molecule is CCn1cc(NC(=O)Nc2nnc(-c3cn(CC)c4nc(N5CCN(C)CC5)c(F)cc4c3=O)o2)c(=O)c2cc(F)c(Cl)nc21. The Bertz CT molecular complexity index is 2090. The van der Waals surface area contributed by atoms with Gasteiger partial charge in [-0.3, -0.25) is 14.9 Å². The lowest BCUT2D eigenvalue weighted by molar-refractivity contribution is 0.261. The average molecular weight is 641 g/mol. The lowest BCUT2D eigenvalue weighted by atomic mass is 10.1. The Morgan fingerprint density at radius 2 is 1.56 bits per heavy atom. The van der Waals surface area contributed by atoms with Crippen molar-refractivity contribution in [1.82, 2.24) is 34.2 Å². The number of rotatable bonds is 6. The van der Waals surface area contributed by atoms with Gasteiger partial charge in [0.1, 0.15) is 22.5 Å². The number of piperazine rings is 1. The Labute approximate surface area is 258 Å². The van der Waals surface area contributed by atoms with Crippen molar-refractivity contribution in [1.29, 1.82) is 0 Å². The number of urea groups is 1. The predicted molar refractivity (Wildman–Crippen MR) is 164 cm³/mol. The summed E-state index contributed by atoms with van der Waals surface area (Å²) in [6, 6.07) is 0.821. The van der Waals surface area contributed by atoms with Crippen LogP contribution in [0.25, 0.3) is 33.5 Å². The highest BCUT2D eigenvalue weighted by Gasteiger charge is 2.24. The largest absolute Gasteiger partial charge is 0.403 e. The summed E-state index contributed by atoms with van der Waals surface area (Å²) in [6.07, 6.45) is 2.83. The van der Waals surface area contributed by atoms with E-state index >= 15 is 4.39 Å². The quantitative estimate of drug-likeness (QED) is 0.263. The van der Waals surface area contributed by atoms with Gasteiger partial charge >= 0.3 is 12.0 Å². The fourth-order valence-electron chi connectivity index (χ4n) is 5.14. The van der Waals surface area contributed by atoms with Crippen LogP contribution in [0.5, 0.6) is 0 Å². The minimum atomic E-state index is -0.918. The number of aryl methyl sites for hydroxylation is 2. The molecule has 14 nitrogen and oxygen atoms in total. The number of likely N-dealkylation sites (N-methyl/N-ethyl adjacent to an activating group) is 1. The number of hydrogen-bond donors (Lipinski definition) is 2. The van der Waals surface area contributed by atoms with Crippen molar-refractivity contribution in [3.63, 3.8) is 0 Å². The lowest BCUT2D eigenvalue weighted by Gasteiger charge is -2.33. The molecule has 1 saturated heterocycles. The molecular weight excluding hydrogens is 614 g/mol. The second kappa shape index (κ2) is 11.9. The standard InChI is InChI=1S/C28H27ClF2N10O4/c1-4-39-12-16(20(42)14-11-18(31)25(34-24(14)39)41-8-6-38(3)7-9-41)26-36-37-28(45-26)35-27(44)32-19-13-40(5-2)23-15(21(19)43)10-17(30)22(29)33-23/h10-13H,4-9H2,1-3H3,(H2,32,35,37,44). The van der Waals surface area contributed by atoms with Gasteiger partial charge in [-0.2, -0.15) is 0 Å². The maximum atomic E-state index is 15.3. The summed E-state index contributed by atoms with van der Waals surface area (Å²) in [5.41, 5.74) is -0.997. The van der Waals surface area contributed by atoms with Gasteiger partial charge in [0.05, 0.1) is 10.8 Å². The van der Waals surface area contributed by atoms with Gasteiger partial charge in [0.15, 0.2) is 22.6 Å². The molecule has 5 aromatic rings. The molecule has 2 N–H and O–H groups in total. The van der Waals surface area contributed by atoms with E-state index in [9.17, 15) is 18.8 Å². The Morgan fingerprint density at radius 1 is 0.911 bits per heavy atom. The molecule has 1 fully saturated rings. The van der Waals surface area contributed by atoms with Crippen molar-refractivity contribution in [3.05, 3.63) is 61.8 Å². The monoisotopic (exact) mass is 640 g/mol. The smallest absolute Gasteiger partial charge is 0.327 e. The molecule has 0 saturated carbocycles. The number of nitrogens with one attached hydrogen (secondary N) is 2. The van der Waals surface area contributed by atoms with E-state index in [1.165, 1.54) is 23.0 Å². The molecule has 0 radical (unpaired) electrons. The summed E-state index contributed by atoms with van der Waals surface area (Å²) in [5.74, 6) is -1.54. The summed E-state index contributed by atoms with van der Waals surface area (Å²) in [6.45, 7) is 7.08. The van der Waals surface area contributed by atoms with Crippen LogP contribution in [0.1, 0.15) is 13.8 Å². The van der Waals surface area contributed by atoms with Crippen molar-refractivity contribution in [2.24, 2.45) is 0 Å². The van der Waals surface area contributed by atoms with E-state index in [4.69, 9.17) is 16.0 Å². The average Bonchev–Trinajstić information content (AvgIpc) is 3.48. The number of halogens is 3. The van der Waals surface area contributed by atoms with Crippen LogP contribution in [0.2, 0.25) is 5.15 Å². The second-order valence-electron chi connectivity index (χ2n) is 10.4. The minimum absolute atomic E-state index is 0.0209. The number of anilines is 3. The van der Waals surface area contributed by atoms with Crippen LogP contribution >= 0.6 is 11.6 Å². The van der Waals surface area contributed by atoms with Crippen LogP contribution in [0.4, 0.5) is 31.1 Å². The topological polar surface area (TPSA) is 156 Å². The van der Waals surface area contributed by atoms with E-state index < -0.39 is 28.5 Å². The number of aromatic nitrogens is 6. The Hall–Kier alpha value is -4.96. The Morgan fingerprint density at radius 3 is 2.27 bits per heavy atom. The minimum Gasteiger partial charge on any atom is -0.403 e. The van der Waals surface area contributed by atoms with E-state index in [1.54, 1.807) is 11.5 Å². The molecule has 0 aromatic carbocycles. The van der Waals surface area contributed by atoms with Gasteiger partial charge in [-0.25, -0.2) is 23.5 Å². The first-order valence-electron chi connectivity index (χ1n) is 14.1. The van der Waals surface area contributed by atoms with Crippen LogP contribution in [0, 0.1) is 11.6 Å². The first-order chi connectivity index (χ1) is 21.6. The van der Waals surface area contributed by atoms with Crippen LogP contribution in [-0.2, 0) is 13.1 Å². The Kier molecular flexibility index (Phi) is 7.92. The third-order valence-corrected chi connectivity index (χ3v) is 7.82. The maximum Gasteiger partial charge on any atom is 0.327 e. The van der Waals surface area contributed by atoms with Crippen LogP contribution < -0.4 is 26.4 Å². The van der Waals surface area contributed by atoms with Gasteiger partial charge < -0.3 is 28.7 Å². The zero-order valence-corrected chi connectivity index (χ0v) is 25.2. The fourth-order valence-corrected chi connectivity index (χ4v) is 5.27. The van der Waals surface area contributed by atoms with Gasteiger partial charge in [-0.1, -0.05) is 16.7 Å². The first-order valence-corrected chi connectivity index (χ1v) is 14.4. The summed E-state index contributed by atoms with van der Waals surface area (Å²) in [7, 11) is 2.00. The molecule has 5 aromatic heterocycles. The third kappa shape index (κ3) is 5.57. The number of fused-ring (bicyclic) bond motifs is 2. The van der Waals surface area contributed by atoms with E-state index in [0.717, 1.165) is 19.2 Å². The summed E-state index contributed by atoms with van der Waals surface area (Å²) in [4.78, 5) is 51.6. The fraction of sp³-hybridized carbons (Fsp3) is 0.321. The zero-order valence-electron chi connectivity index (χ0n) is 24.4. The first kappa shape index (κ1) is 30.1. The molecule has 6 rings (SSSR count). The van der Waals surface area contributed by atoms with E-state index in [1.807, 2.05) is 18.9 Å². The molecule has 1 aliphatic rings. The van der Waals surface area contributed by atoms with Gasteiger partial charge in [-0.05, 0) is 33.0 Å². The third-order valence-electron chi connectivity index (χ3n) is 7.55. The normalized spacial score (nSPS) is 14.0. The van der Waals surface area contributed by atoms with Crippen molar-refractivity contribution < 1.29 is 18.0 Å². The molecule has 2 amide bonds. The van der Waals surface area contributed by atoms with Crippen molar-refractivity contribution in [3.8, 4) is 11.5 Å². The number of hydrogen-bond acceptors (Lipinski definition) is 10. The van der Waals surface area contributed by atoms with Gasteiger partial charge in [-0.15, -0.1) is 5.10 Å². The van der Waals surface area contributed by atoms with Gasteiger partial charge in [0, 0.05) is 51.7 Å². The molecule has 0 aliphatic carbocycles. The highest BCUT2D eigenvalue weighted by molar-refractivity contribution is 6.29. The molecular formula is C28H27ClF2N10O4. The summed E-state index contributed by atoms with van der Waals surface area (Å²) >= 11 is 5.78. The molecule has 0 atom stereocenters. The summed E-state index contributed by atoms with van der Waals surface area (Å²) < 4.78 is 38.1. The van der Waals surface area contributed by atoms with Crippen molar-refractivity contribution >= 4 is 57.2 Å². The molecule has 6 heterocycles. The number of carbonyl (C=O) groups excluding carboxylic acids is 1. The molecule has 17 heteroatoms. The molecule has 45 heavy (non-hydrogen) atoms. The zero-order chi connectivity index (χ0) is 32.0. The van der Waals surface area contributed by atoms with Gasteiger partial charge in [0.25, 0.3) is 5.89 Å². The predicted octanol–water partition coefficient (Wildman–Crippen LogP) is 3.52. The molecule has 0 unspecified atom stereocenters. The summed E-state index contributed by atoms with van der Waals surface area (Å²) in [5, 5.41) is 11.9. The molecule has 234 valence electrons. The van der Waals surface area contributed by atoms with Crippen LogP contribution in [0.15, 0.2) is 38.5 Å². The number of carbonyl (C=O) groups is 1. The van der Waals surface area contributed by atoms with E-state index in [2.05, 4.69) is 35.7 Å². The number of nitrogens with zero attached hydrogens (tertiary/aromatic N) is 8. The van der Waals surface area contributed by atoms with Gasteiger partial charge in [0.2, 0.25) is 10.9 Å². The van der Waals surface area contributed by atoms with Crippen LogP contribution in [0.3, 0.4) is 0 Å². The highest BCUT2D eigenvalue weighted by Crippen LogP contribution is 2.25. The Balaban J connectivity index is 1.27. The van der Waals surface area contributed by atoms with Crippen LogP contribution in [-0.4, -0.2) is 73.5 Å².